The molecule has 0 saturated carbocycles. The number of aromatic nitrogens is 2. The summed E-state index contributed by atoms with van der Waals surface area (Å²) in [6.07, 6.45) is 0.539. The summed E-state index contributed by atoms with van der Waals surface area (Å²) >= 11 is 1.70. The second-order valence-electron chi connectivity index (χ2n) is 6.33. The van der Waals surface area contributed by atoms with Gasteiger partial charge < -0.3 is 14.8 Å². The molecular formula is C21H18N2O3S. The minimum absolute atomic E-state index is 0.0574. The Hall–Kier alpha value is -3.12. The van der Waals surface area contributed by atoms with E-state index in [0.717, 1.165) is 39.2 Å². The number of nitrogens with one attached hydrogen (secondary N) is 1. The molecule has 5 nitrogen and oxygen atoms in total. The first-order valence-electron chi connectivity index (χ1n) is 8.48. The normalized spacial score (nSPS) is 11.0. The second-order valence-corrected chi connectivity index (χ2v) is 7.45. The van der Waals surface area contributed by atoms with Crippen molar-refractivity contribution in [3.05, 3.63) is 69.7 Å². The summed E-state index contributed by atoms with van der Waals surface area (Å²) in [5.41, 5.74) is 5.02. The van der Waals surface area contributed by atoms with Crippen LogP contribution in [0.5, 0.6) is 5.75 Å². The van der Waals surface area contributed by atoms with Crippen LogP contribution in [-0.4, -0.2) is 28.2 Å². The van der Waals surface area contributed by atoms with E-state index in [1.807, 2.05) is 24.3 Å². The summed E-state index contributed by atoms with van der Waals surface area (Å²) in [5, 5.41) is 12.4. The Morgan fingerprint density at radius 1 is 1.26 bits per heavy atom. The lowest BCUT2D eigenvalue weighted by Crippen LogP contribution is -2.03. The lowest BCUT2D eigenvalue weighted by atomic mass is 10.0. The molecule has 136 valence electrons. The molecule has 0 aliphatic heterocycles. The lowest BCUT2D eigenvalue weighted by molar-refractivity contribution is 0.0690. The highest BCUT2D eigenvalue weighted by molar-refractivity contribution is 7.10. The van der Waals surface area contributed by atoms with E-state index in [0.29, 0.717) is 6.42 Å². The molecule has 0 spiro atoms. The zero-order valence-corrected chi connectivity index (χ0v) is 15.8. The van der Waals surface area contributed by atoms with Crippen molar-refractivity contribution in [1.29, 1.82) is 0 Å². The quantitative estimate of drug-likeness (QED) is 0.518. The van der Waals surface area contributed by atoms with Crippen LogP contribution in [0.15, 0.2) is 47.8 Å². The molecule has 0 aliphatic rings. The molecule has 0 unspecified atom stereocenters. The fourth-order valence-electron chi connectivity index (χ4n) is 3.24. The maximum absolute atomic E-state index is 11.2. The molecule has 6 heteroatoms. The van der Waals surface area contributed by atoms with Gasteiger partial charge in [-0.25, -0.2) is 9.78 Å². The van der Waals surface area contributed by atoms with E-state index < -0.39 is 5.97 Å². The van der Waals surface area contributed by atoms with Crippen LogP contribution in [0.3, 0.4) is 0 Å². The number of carbonyl (C=O) groups is 1. The van der Waals surface area contributed by atoms with Gasteiger partial charge >= 0.3 is 5.97 Å². The van der Waals surface area contributed by atoms with E-state index in [1.165, 1.54) is 10.9 Å². The Kier molecular flexibility index (Phi) is 4.41. The van der Waals surface area contributed by atoms with Crippen molar-refractivity contribution in [2.45, 2.75) is 13.3 Å². The number of aryl methyl sites for hydroxylation is 1. The van der Waals surface area contributed by atoms with Gasteiger partial charge in [0.15, 0.2) is 0 Å². The fourth-order valence-corrected chi connectivity index (χ4v) is 3.94. The fraction of sp³-hybridized carbons (Fsp3) is 0.143. The molecule has 0 bridgehead atoms. The zero-order chi connectivity index (χ0) is 19.0. The van der Waals surface area contributed by atoms with E-state index in [1.54, 1.807) is 24.5 Å². The van der Waals surface area contributed by atoms with Crippen LogP contribution in [0.4, 0.5) is 0 Å². The predicted molar refractivity (Wildman–Crippen MR) is 107 cm³/mol. The van der Waals surface area contributed by atoms with E-state index in [4.69, 9.17) is 4.74 Å². The molecule has 4 aromatic rings. The van der Waals surface area contributed by atoms with E-state index in [-0.39, 0.29) is 5.69 Å². The van der Waals surface area contributed by atoms with Gasteiger partial charge in [-0.1, -0.05) is 6.07 Å². The number of aromatic carboxylic acids is 1. The highest BCUT2D eigenvalue weighted by Gasteiger charge is 2.16. The molecule has 3 aromatic heterocycles. The molecule has 0 atom stereocenters. The Morgan fingerprint density at radius 3 is 2.81 bits per heavy atom. The van der Waals surface area contributed by atoms with E-state index in [2.05, 4.69) is 28.3 Å². The Morgan fingerprint density at radius 2 is 2.11 bits per heavy atom. The summed E-state index contributed by atoms with van der Waals surface area (Å²) < 4.78 is 5.35. The number of rotatable bonds is 5. The Bertz CT molecular complexity index is 1140. The van der Waals surface area contributed by atoms with Crippen LogP contribution in [0.1, 0.15) is 26.6 Å². The number of benzene rings is 1. The third-order valence-corrected chi connectivity index (χ3v) is 5.38. The van der Waals surface area contributed by atoms with Gasteiger partial charge in [0.05, 0.1) is 12.8 Å². The lowest BCUT2D eigenvalue weighted by Gasteiger charge is -2.05. The largest absolute Gasteiger partial charge is 0.497 e. The highest BCUT2D eigenvalue weighted by atomic mass is 32.1. The molecule has 0 radical (unpaired) electrons. The standard InChI is InChI=1S/C21H18N2O3S/c1-12-8-13(11-27-12)20-17(9-14-4-3-5-18(22-14)21(24)25)16-7-6-15(26-2)10-19(16)23-20/h3-8,10-11,23H,9H2,1-2H3,(H,24,25). The smallest absolute Gasteiger partial charge is 0.354 e. The van der Waals surface area contributed by atoms with Crippen LogP contribution in [0.2, 0.25) is 0 Å². The number of pyridine rings is 1. The predicted octanol–water partition coefficient (Wildman–Crippen LogP) is 4.90. The maximum atomic E-state index is 11.2. The number of aromatic amines is 1. The van der Waals surface area contributed by atoms with Crippen molar-refractivity contribution in [2.75, 3.05) is 7.11 Å². The van der Waals surface area contributed by atoms with Gasteiger partial charge in [-0.2, -0.15) is 0 Å². The van der Waals surface area contributed by atoms with Gasteiger partial charge in [0.1, 0.15) is 11.4 Å². The van der Waals surface area contributed by atoms with Crippen LogP contribution in [0, 0.1) is 6.92 Å². The molecule has 3 heterocycles. The highest BCUT2D eigenvalue weighted by Crippen LogP contribution is 2.35. The third kappa shape index (κ3) is 3.31. The number of H-pyrrole nitrogens is 1. The number of carboxylic acid groups (broad SMARTS) is 1. The average Bonchev–Trinajstić information content (AvgIpc) is 3.25. The molecule has 27 heavy (non-hydrogen) atoms. The molecule has 0 amide bonds. The summed E-state index contributed by atoms with van der Waals surface area (Å²) in [6.45, 7) is 2.08. The number of hydrogen-bond acceptors (Lipinski definition) is 4. The third-order valence-electron chi connectivity index (χ3n) is 4.52. The summed E-state index contributed by atoms with van der Waals surface area (Å²) in [6, 6.07) is 13.2. The minimum Gasteiger partial charge on any atom is -0.497 e. The zero-order valence-electron chi connectivity index (χ0n) is 14.9. The summed E-state index contributed by atoms with van der Waals surface area (Å²) in [5.74, 6) is -0.233. The van der Waals surface area contributed by atoms with Gasteiger partial charge in [0, 0.05) is 44.9 Å². The van der Waals surface area contributed by atoms with Crippen molar-refractivity contribution in [3.63, 3.8) is 0 Å². The number of nitrogens with zero attached hydrogens (tertiary/aromatic N) is 1. The first-order valence-corrected chi connectivity index (χ1v) is 9.36. The van der Waals surface area contributed by atoms with Crippen LogP contribution >= 0.6 is 11.3 Å². The SMILES string of the molecule is COc1ccc2c(Cc3cccc(C(=O)O)n3)c(-c3csc(C)c3)[nH]c2c1. The monoisotopic (exact) mass is 378 g/mol. The van der Waals surface area contributed by atoms with Gasteiger partial charge in [-0.3, -0.25) is 0 Å². The molecular weight excluding hydrogens is 360 g/mol. The molecule has 0 fully saturated rings. The molecule has 0 saturated heterocycles. The van der Waals surface area contributed by atoms with Gasteiger partial charge in [0.2, 0.25) is 0 Å². The first-order chi connectivity index (χ1) is 13.0. The van der Waals surface area contributed by atoms with Crippen LogP contribution in [0.25, 0.3) is 22.2 Å². The Balaban J connectivity index is 1.86. The molecule has 1 aromatic carbocycles. The van der Waals surface area contributed by atoms with Gasteiger partial charge in [-0.05, 0) is 42.8 Å². The summed E-state index contributed by atoms with van der Waals surface area (Å²) in [7, 11) is 1.65. The number of fused-ring (bicyclic) bond motifs is 1. The van der Waals surface area contributed by atoms with Crippen molar-refractivity contribution >= 4 is 28.2 Å². The minimum atomic E-state index is -1.02. The number of hydrogen-bond donors (Lipinski definition) is 2. The van der Waals surface area contributed by atoms with Gasteiger partial charge in [-0.15, -0.1) is 11.3 Å². The van der Waals surface area contributed by atoms with Crippen molar-refractivity contribution in [3.8, 4) is 17.0 Å². The number of carboxylic acids is 1. The maximum Gasteiger partial charge on any atom is 0.354 e. The topological polar surface area (TPSA) is 75.2 Å². The average molecular weight is 378 g/mol. The summed E-state index contributed by atoms with van der Waals surface area (Å²) in [4.78, 5) is 20.3. The molecule has 0 aliphatic carbocycles. The number of ether oxygens (including phenoxy) is 1. The van der Waals surface area contributed by atoms with Crippen molar-refractivity contribution in [1.82, 2.24) is 9.97 Å². The van der Waals surface area contributed by atoms with Crippen LogP contribution in [-0.2, 0) is 6.42 Å². The molecule has 2 N–H and O–H groups in total. The Labute approximate surface area is 160 Å². The number of thiophene rings is 1. The first kappa shape index (κ1) is 17.3. The van der Waals surface area contributed by atoms with Crippen molar-refractivity contribution < 1.29 is 14.6 Å². The van der Waals surface area contributed by atoms with Crippen molar-refractivity contribution in [2.24, 2.45) is 0 Å². The second kappa shape index (κ2) is 6.89. The van der Waals surface area contributed by atoms with Gasteiger partial charge in [0.25, 0.3) is 0 Å². The van der Waals surface area contributed by atoms with E-state index >= 15 is 0 Å². The number of methoxy groups -OCH3 is 1. The molecule has 4 rings (SSSR count). The van der Waals surface area contributed by atoms with Crippen LogP contribution < -0.4 is 4.74 Å². The van der Waals surface area contributed by atoms with E-state index in [9.17, 15) is 9.90 Å².